The summed E-state index contributed by atoms with van der Waals surface area (Å²) in [6.45, 7) is 11.4. The van der Waals surface area contributed by atoms with Gasteiger partial charge in [-0.25, -0.2) is 4.68 Å². The van der Waals surface area contributed by atoms with E-state index >= 15 is 0 Å². The molecule has 1 N–H and O–H groups in total. The lowest BCUT2D eigenvalue weighted by atomic mass is 10.1. The molecule has 1 saturated heterocycles. The number of piperazine rings is 1. The lowest BCUT2D eigenvalue weighted by Crippen LogP contribution is -2.46. The molecule has 0 unspecified atom stereocenters. The molecule has 2 heterocycles. The molecule has 1 aromatic heterocycles. The largest absolute Gasteiger partial charge is 0.378 e. The zero-order chi connectivity index (χ0) is 23.4. The molecule has 0 saturated carbocycles. The Kier molecular flexibility index (Phi) is 7.05. The van der Waals surface area contributed by atoms with Gasteiger partial charge in [0, 0.05) is 45.0 Å². The van der Waals surface area contributed by atoms with Crippen molar-refractivity contribution in [3.63, 3.8) is 0 Å². The molecule has 0 atom stereocenters. The molecule has 1 fully saturated rings. The van der Waals surface area contributed by atoms with Crippen molar-refractivity contribution in [1.29, 1.82) is 0 Å². The van der Waals surface area contributed by atoms with Gasteiger partial charge in [-0.1, -0.05) is 54.1 Å². The van der Waals surface area contributed by atoms with Gasteiger partial charge in [0.15, 0.2) is 0 Å². The summed E-state index contributed by atoms with van der Waals surface area (Å²) in [4.78, 5) is 17.6. The fraction of sp³-hybridized carbons (Fsp3) is 0.385. The maximum atomic E-state index is 12.6. The van der Waals surface area contributed by atoms with Crippen molar-refractivity contribution in [2.75, 3.05) is 36.4 Å². The first-order chi connectivity index (χ1) is 15.8. The number of nitrogens with one attached hydrogen (secondary N) is 1. The van der Waals surface area contributed by atoms with E-state index in [0.717, 1.165) is 32.7 Å². The van der Waals surface area contributed by atoms with Gasteiger partial charge in [0.25, 0.3) is 5.56 Å². The second-order valence-corrected chi connectivity index (χ2v) is 9.86. The van der Waals surface area contributed by atoms with Crippen LogP contribution in [-0.2, 0) is 18.6 Å². The zero-order valence-electron chi connectivity index (χ0n) is 19.6. The minimum atomic E-state index is -0.420. The first-order valence-electron chi connectivity index (χ1n) is 11.4. The van der Waals surface area contributed by atoms with E-state index in [1.165, 1.54) is 21.5 Å². The van der Waals surface area contributed by atoms with Crippen LogP contribution in [0.5, 0.6) is 0 Å². The Morgan fingerprint density at radius 2 is 1.58 bits per heavy atom. The monoisotopic (exact) mass is 465 g/mol. The first-order valence-corrected chi connectivity index (χ1v) is 11.8. The fourth-order valence-electron chi connectivity index (χ4n) is 4.15. The van der Waals surface area contributed by atoms with E-state index in [1.807, 2.05) is 26.8 Å². The molecule has 0 spiro atoms. The molecule has 33 heavy (non-hydrogen) atoms. The molecule has 4 rings (SSSR count). The highest BCUT2D eigenvalue weighted by Crippen LogP contribution is 2.21. The first kappa shape index (κ1) is 23.3. The predicted molar refractivity (Wildman–Crippen MR) is 136 cm³/mol. The Bertz CT molecular complexity index is 1130. The highest BCUT2D eigenvalue weighted by atomic mass is 35.5. The number of benzene rings is 2. The van der Waals surface area contributed by atoms with E-state index in [1.54, 1.807) is 6.20 Å². The van der Waals surface area contributed by atoms with Gasteiger partial charge in [-0.05, 0) is 44.0 Å². The van der Waals surface area contributed by atoms with E-state index in [2.05, 4.69) is 68.7 Å². The topological polar surface area (TPSA) is 53.4 Å². The summed E-state index contributed by atoms with van der Waals surface area (Å²) in [5.41, 5.74) is 3.63. The van der Waals surface area contributed by atoms with Gasteiger partial charge in [0.2, 0.25) is 0 Å². The smallest absolute Gasteiger partial charge is 0.288 e. The van der Waals surface area contributed by atoms with E-state index in [4.69, 9.17) is 11.6 Å². The van der Waals surface area contributed by atoms with Gasteiger partial charge in [-0.15, -0.1) is 0 Å². The van der Waals surface area contributed by atoms with Gasteiger partial charge in [0.05, 0.1) is 17.4 Å². The summed E-state index contributed by atoms with van der Waals surface area (Å²) in [6.07, 6.45) is 1.64. The molecule has 0 aliphatic carbocycles. The van der Waals surface area contributed by atoms with Crippen molar-refractivity contribution in [3.8, 4) is 0 Å². The van der Waals surface area contributed by atoms with E-state index in [9.17, 15) is 4.79 Å². The number of para-hydroxylation sites is 1. The molecule has 2 aromatic carbocycles. The van der Waals surface area contributed by atoms with Crippen LogP contribution in [0, 0.1) is 0 Å². The highest BCUT2D eigenvalue weighted by Gasteiger charge is 2.20. The molecule has 1 aliphatic rings. The van der Waals surface area contributed by atoms with Crippen molar-refractivity contribution >= 4 is 23.0 Å². The minimum Gasteiger partial charge on any atom is -0.378 e. The van der Waals surface area contributed by atoms with Gasteiger partial charge in [-0.2, -0.15) is 5.10 Å². The Labute approximate surface area is 200 Å². The second-order valence-electron chi connectivity index (χ2n) is 9.48. The Morgan fingerprint density at radius 1 is 0.939 bits per heavy atom. The number of halogens is 1. The molecular formula is C26H32ClN5O. The number of nitrogens with zero attached hydrogens (tertiary/aromatic N) is 4. The Morgan fingerprint density at radius 3 is 2.24 bits per heavy atom. The number of aromatic nitrogens is 2. The average Bonchev–Trinajstić information content (AvgIpc) is 2.81. The second kappa shape index (κ2) is 9.98. The summed E-state index contributed by atoms with van der Waals surface area (Å²) in [5.74, 6) is 0. The number of rotatable bonds is 6. The van der Waals surface area contributed by atoms with Crippen LogP contribution in [0.2, 0.25) is 5.02 Å². The van der Waals surface area contributed by atoms with Crippen LogP contribution in [0.25, 0.3) is 0 Å². The number of hydrogen-bond acceptors (Lipinski definition) is 5. The molecule has 6 nitrogen and oxygen atoms in total. The standard InChI is InChI=1S/C26H32ClN5O/c1-26(2,3)32-25(33)24(27)23(18-29-32)28-17-20-9-7-8-10-21(20)19-30-13-15-31(16-14-30)22-11-5-4-6-12-22/h4-12,18,28H,13-17,19H2,1-3H3. The van der Waals surface area contributed by atoms with Crippen LogP contribution >= 0.6 is 11.6 Å². The maximum Gasteiger partial charge on any atom is 0.288 e. The molecule has 0 radical (unpaired) electrons. The molecule has 0 bridgehead atoms. The van der Waals surface area contributed by atoms with Gasteiger partial charge in [0.1, 0.15) is 5.02 Å². The van der Waals surface area contributed by atoms with Crippen molar-refractivity contribution < 1.29 is 0 Å². The van der Waals surface area contributed by atoms with Crippen LogP contribution in [0.3, 0.4) is 0 Å². The zero-order valence-corrected chi connectivity index (χ0v) is 20.3. The van der Waals surface area contributed by atoms with Crippen LogP contribution in [0.15, 0.2) is 65.6 Å². The van der Waals surface area contributed by atoms with Crippen LogP contribution in [0.1, 0.15) is 31.9 Å². The normalized spacial score (nSPS) is 15.0. The molecular weight excluding hydrogens is 434 g/mol. The Hall–Kier alpha value is -2.83. The van der Waals surface area contributed by atoms with E-state index in [-0.39, 0.29) is 10.6 Å². The molecule has 174 valence electrons. The molecule has 0 amide bonds. The minimum absolute atomic E-state index is 0.175. The van der Waals surface area contributed by atoms with Crippen molar-refractivity contribution in [3.05, 3.63) is 87.3 Å². The molecule has 3 aromatic rings. The summed E-state index contributed by atoms with van der Waals surface area (Å²) in [7, 11) is 0. The quantitative estimate of drug-likeness (QED) is 0.577. The third-order valence-corrected chi connectivity index (χ3v) is 6.39. The summed E-state index contributed by atoms with van der Waals surface area (Å²) < 4.78 is 1.42. The lowest BCUT2D eigenvalue weighted by Gasteiger charge is -2.36. The average molecular weight is 466 g/mol. The summed E-state index contributed by atoms with van der Waals surface area (Å²) in [5, 5.41) is 7.81. The number of hydrogen-bond donors (Lipinski definition) is 1. The summed E-state index contributed by atoms with van der Waals surface area (Å²) in [6, 6.07) is 19.0. The molecule has 1 aliphatic heterocycles. The predicted octanol–water partition coefficient (Wildman–Crippen LogP) is 4.59. The van der Waals surface area contributed by atoms with Crippen LogP contribution in [0.4, 0.5) is 11.4 Å². The van der Waals surface area contributed by atoms with Crippen molar-refractivity contribution in [1.82, 2.24) is 14.7 Å². The molecule has 7 heteroatoms. The van der Waals surface area contributed by atoms with E-state index in [0.29, 0.717) is 12.2 Å². The Balaban J connectivity index is 1.40. The number of anilines is 2. The fourth-order valence-corrected chi connectivity index (χ4v) is 4.35. The third-order valence-electron chi connectivity index (χ3n) is 6.03. The van der Waals surface area contributed by atoms with Crippen molar-refractivity contribution in [2.45, 2.75) is 39.4 Å². The van der Waals surface area contributed by atoms with Crippen LogP contribution in [-0.4, -0.2) is 40.9 Å². The van der Waals surface area contributed by atoms with Crippen LogP contribution < -0.4 is 15.8 Å². The summed E-state index contributed by atoms with van der Waals surface area (Å²) >= 11 is 6.38. The van der Waals surface area contributed by atoms with Gasteiger partial charge >= 0.3 is 0 Å². The SMILES string of the molecule is CC(C)(C)n1ncc(NCc2ccccc2CN2CCN(c3ccccc3)CC2)c(Cl)c1=O. The van der Waals surface area contributed by atoms with Gasteiger partial charge < -0.3 is 10.2 Å². The van der Waals surface area contributed by atoms with Gasteiger partial charge in [-0.3, -0.25) is 9.69 Å². The van der Waals surface area contributed by atoms with E-state index < -0.39 is 5.54 Å². The lowest BCUT2D eigenvalue weighted by molar-refractivity contribution is 0.249. The van der Waals surface area contributed by atoms with Crippen molar-refractivity contribution in [2.24, 2.45) is 0 Å². The highest BCUT2D eigenvalue weighted by molar-refractivity contribution is 6.32. The maximum absolute atomic E-state index is 12.6. The third kappa shape index (κ3) is 5.57.